The van der Waals surface area contributed by atoms with Gasteiger partial charge in [0.15, 0.2) is 0 Å². The largest absolute Gasteiger partial charge is 0.392 e. The van der Waals surface area contributed by atoms with Crippen LogP contribution in [0.4, 0.5) is 4.39 Å². The van der Waals surface area contributed by atoms with E-state index in [-0.39, 0.29) is 30.9 Å². The van der Waals surface area contributed by atoms with Crippen LogP contribution in [0, 0.1) is 5.82 Å². The molecule has 2 unspecified atom stereocenters. The summed E-state index contributed by atoms with van der Waals surface area (Å²) in [5.41, 5.74) is -0.0584. The molecule has 1 aliphatic rings. The predicted octanol–water partition coefficient (Wildman–Crippen LogP) is 1.88. The molecule has 1 aliphatic heterocycles. The molecule has 0 aromatic heterocycles. The highest BCUT2D eigenvalue weighted by Crippen LogP contribution is 2.29. The molecule has 0 radical (unpaired) electrons. The molecule has 8 heteroatoms. The highest BCUT2D eigenvalue weighted by molar-refractivity contribution is 9.10. The summed E-state index contributed by atoms with van der Waals surface area (Å²) in [6.45, 7) is 3.35. The number of hydrogen-bond acceptors (Lipinski definition) is 4. The summed E-state index contributed by atoms with van der Waals surface area (Å²) >= 11 is 3.15. The molecule has 0 spiro atoms. The van der Waals surface area contributed by atoms with Gasteiger partial charge in [-0.15, -0.1) is 0 Å². The van der Waals surface area contributed by atoms with Crippen LogP contribution >= 0.6 is 15.9 Å². The number of benzene rings is 1. The van der Waals surface area contributed by atoms with Crippen molar-refractivity contribution in [3.63, 3.8) is 0 Å². The van der Waals surface area contributed by atoms with Gasteiger partial charge in [0, 0.05) is 22.6 Å². The van der Waals surface area contributed by atoms with Crippen molar-refractivity contribution in [1.29, 1.82) is 0 Å². The van der Waals surface area contributed by atoms with Gasteiger partial charge in [0.1, 0.15) is 10.7 Å². The van der Waals surface area contributed by atoms with Gasteiger partial charge in [-0.3, -0.25) is 0 Å². The lowest BCUT2D eigenvalue weighted by Crippen LogP contribution is -2.50. The van der Waals surface area contributed by atoms with Crippen LogP contribution < -0.4 is 0 Å². The van der Waals surface area contributed by atoms with E-state index in [1.807, 2.05) is 0 Å². The molecule has 0 aliphatic carbocycles. The molecule has 0 bridgehead atoms. The maximum atomic E-state index is 14.3. The van der Waals surface area contributed by atoms with Crippen LogP contribution in [0.15, 0.2) is 21.5 Å². The second kappa shape index (κ2) is 6.29. The summed E-state index contributed by atoms with van der Waals surface area (Å²) in [6.07, 6.45) is -0.247. The van der Waals surface area contributed by atoms with Crippen molar-refractivity contribution in [1.82, 2.24) is 4.31 Å². The van der Waals surface area contributed by atoms with Crippen LogP contribution in [0.2, 0.25) is 0 Å². The topological polar surface area (TPSA) is 66.8 Å². The van der Waals surface area contributed by atoms with E-state index < -0.39 is 27.3 Å². The lowest BCUT2D eigenvalue weighted by Gasteiger charge is -2.35. The van der Waals surface area contributed by atoms with Crippen molar-refractivity contribution in [2.24, 2.45) is 0 Å². The van der Waals surface area contributed by atoms with Crippen LogP contribution in [0.25, 0.3) is 0 Å². The fourth-order valence-electron chi connectivity index (χ4n) is 2.26. The highest BCUT2D eigenvalue weighted by Gasteiger charge is 2.36. The van der Waals surface area contributed by atoms with E-state index in [0.29, 0.717) is 4.47 Å². The number of hydrogen-bond donors (Lipinski definition) is 1. The van der Waals surface area contributed by atoms with E-state index in [1.54, 1.807) is 13.8 Å². The Labute approximate surface area is 131 Å². The predicted molar refractivity (Wildman–Crippen MR) is 78.8 cm³/mol. The van der Waals surface area contributed by atoms with Gasteiger partial charge in [0.05, 0.1) is 19.3 Å². The molecule has 1 aromatic rings. The third kappa shape index (κ3) is 3.29. The monoisotopic (exact) mass is 381 g/mol. The summed E-state index contributed by atoms with van der Waals surface area (Å²) < 4.78 is 46.8. The Balaban J connectivity index is 2.51. The minimum absolute atomic E-state index is 0.0584. The lowest BCUT2D eigenvalue weighted by molar-refractivity contribution is -0.0171. The summed E-state index contributed by atoms with van der Waals surface area (Å²) in [7, 11) is -3.99. The van der Waals surface area contributed by atoms with Crippen LogP contribution in [0.1, 0.15) is 19.4 Å². The molecule has 1 fully saturated rings. The van der Waals surface area contributed by atoms with Crippen LogP contribution in [-0.4, -0.2) is 43.1 Å². The molecule has 1 aromatic carbocycles. The Morgan fingerprint density at radius 1 is 1.48 bits per heavy atom. The number of rotatable bonds is 3. The molecule has 1 N–H and O–H groups in total. The van der Waals surface area contributed by atoms with E-state index in [0.717, 1.165) is 0 Å². The first-order valence-corrected chi connectivity index (χ1v) is 8.73. The van der Waals surface area contributed by atoms with E-state index in [9.17, 15) is 12.8 Å². The fourth-order valence-corrected chi connectivity index (χ4v) is 4.74. The molecule has 1 saturated heterocycles. The van der Waals surface area contributed by atoms with Crippen molar-refractivity contribution in [2.45, 2.75) is 37.5 Å². The molecule has 0 amide bonds. The highest BCUT2D eigenvalue weighted by atomic mass is 79.9. The molecule has 2 atom stereocenters. The third-order valence-electron chi connectivity index (χ3n) is 3.39. The van der Waals surface area contributed by atoms with E-state index in [2.05, 4.69) is 15.9 Å². The van der Waals surface area contributed by atoms with Gasteiger partial charge in [-0.2, -0.15) is 4.31 Å². The van der Waals surface area contributed by atoms with Crippen LogP contribution in [0.3, 0.4) is 0 Å². The number of aliphatic hydroxyl groups excluding tert-OH is 1. The smallest absolute Gasteiger partial charge is 0.246 e. The summed E-state index contributed by atoms with van der Waals surface area (Å²) in [5, 5.41) is 9.15. The van der Waals surface area contributed by atoms with Gasteiger partial charge in [0.2, 0.25) is 10.0 Å². The van der Waals surface area contributed by atoms with Crippen LogP contribution in [0.5, 0.6) is 0 Å². The number of ether oxygens (including phenoxy) is 1. The van der Waals surface area contributed by atoms with Gasteiger partial charge < -0.3 is 9.84 Å². The third-order valence-corrected chi connectivity index (χ3v) is 5.82. The Hall–Kier alpha value is -0.540. The zero-order chi connectivity index (χ0) is 15.8. The number of aliphatic hydroxyl groups is 1. The molecule has 1 heterocycles. The van der Waals surface area contributed by atoms with E-state index in [4.69, 9.17) is 9.84 Å². The van der Waals surface area contributed by atoms with Gasteiger partial charge in [-0.05, 0) is 26.0 Å². The molecule has 118 valence electrons. The zero-order valence-electron chi connectivity index (χ0n) is 11.7. The first kappa shape index (κ1) is 16.8. The normalized spacial score (nSPS) is 24.2. The van der Waals surface area contributed by atoms with Gasteiger partial charge in [0.25, 0.3) is 0 Å². The first-order valence-electron chi connectivity index (χ1n) is 6.49. The SMILES string of the molecule is CC1CN(S(=O)(=O)c2cc(Br)cc(CO)c2F)C(C)CO1. The summed E-state index contributed by atoms with van der Waals surface area (Å²) in [6, 6.07) is 2.21. The second-order valence-corrected chi connectivity index (χ2v) is 7.88. The van der Waals surface area contributed by atoms with Crippen molar-refractivity contribution in [3.8, 4) is 0 Å². The molecule has 0 saturated carbocycles. The lowest BCUT2D eigenvalue weighted by atomic mass is 10.2. The van der Waals surface area contributed by atoms with Gasteiger partial charge in [-0.25, -0.2) is 12.8 Å². The average molecular weight is 382 g/mol. The molecule has 21 heavy (non-hydrogen) atoms. The van der Waals surface area contributed by atoms with Crippen LogP contribution in [-0.2, 0) is 21.4 Å². The molecule has 5 nitrogen and oxygen atoms in total. The van der Waals surface area contributed by atoms with Crippen molar-refractivity contribution >= 4 is 26.0 Å². The summed E-state index contributed by atoms with van der Waals surface area (Å²) in [5.74, 6) is -0.910. The summed E-state index contributed by atoms with van der Waals surface area (Å²) in [4.78, 5) is -0.429. The second-order valence-electron chi connectivity index (χ2n) is 5.10. The Morgan fingerprint density at radius 2 is 2.14 bits per heavy atom. The van der Waals surface area contributed by atoms with E-state index >= 15 is 0 Å². The quantitative estimate of drug-likeness (QED) is 0.867. The molecular weight excluding hydrogens is 365 g/mol. The maximum absolute atomic E-state index is 14.3. The Morgan fingerprint density at radius 3 is 2.76 bits per heavy atom. The minimum atomic E-state index is -3.99. The molecular formula is C13H17BrFNO4S. The minimum Gasteiger partial charge on any atom is -0.392 e. The maximum Gasteiger partial charge on any atom is 0.246 e. The average Bonchev–Trinajstić information content (AvgIpc) is 2.43. The van der Waals surface area contributed by atoms with Gasteiger partial charge in [-0.1, -0.05) is 15.9 Å². The van der Waals surface area contributed by atoms with Crippen molar-refractivity contribution in [2.75, 3.05) is 13.2 Å². The van der Waals surface area contributed by atoms with E-state index in [1.165, 1.54) is 16.4 Å². The first-order chi connectivity index (χ1) is 9.77. The Bertz CT molecular complexity index is 637. The Kier molecular flexibility index (Phi) is 5.04. The molecule has 2 rings (SSSR count). The zero-order valence-corrected chi connectivity index (χ0v) is 14.1. The standard InChI is InChI=1S/C13H17BrFNO4S/c1-8-7-20-9(2)5-16(8)21(18,19)12-4-11(14)3-10(6-17)13(12)15/h3-4,8-9,17H,5-7H2,1-2H3. The van der Waals surface area contributed by atoms with Gasteiger partial charge >= 0.3 is 0 Å². The number of morpholine rings is 1. The number of halogens is 2. The van der Waals surface area contributed by atoms with Crippen molar-refractivity contribution in [3.05, 3.63) is 28.0 Å². The van der Waals surface area contributed by atoms with Crippen molar-refractivity contribution < 1.29 is 22.7 Å². The fraction of sp³-hybridized carbons (Fsp3) is 0.538. The number of sulfonamides is 1. The number of nitrogens with zero attached hydrogens (tertiary/aromatic N) is 1.